The first-order valence-electron chi connectivity index (χ1n) is 11.4. The van der Waals surface area contributed by atoms with Gasteiger partial charge in [-0.3, -0.25) is 9.69 Å². The zero-order valence-corrected chi connectivity index (χ0v) is 19.4. The van der Waals surface area contributed by atoms with Gasteiger partial charge in [-0.2, -0.15) is 9.83 Å². The minimum Gasteiger partial charge on any atom is -0.462 e. The summed E-state index contributed by atoms with van der Waals surface area (Å²) >= 11 is 0. The summed E-state index contributed by atoms with van der Waals surface area (Å²) in [5.74, 6) is -0.351. The molecule has 3 aromatic carbocycles. The van der Waals surface area contributed by atoms with Crippen molar-refractivity contribution in [3.63, 3.8) is 0 Å². The highest BCUT2D eigenvalue weighted by Crippen LogP contribution is 2.30. The Labute approximate surface area is 201 Å². The lowest BCUT2D eigenvalue weighted by molar-refractivity contribution is -0.106. The van der Waals surface area contributed by atoms with Gasteiger partial charge in [0.1, 0.15) is 6.61 Å². The molecule has 0 bridgehead atoms. The molecule has 0 atom stereocenters. The number of carbonyl (C=O) groups excluding carboxylic acids is 2. The molecule has 2 heterocycles. The number of aromatic nitrogens is 3. The van der Waals surface area contributed by atoms with E-state index >= 15 is 0 Å². The van der Waals surface area contributed by atoms with Gasteiger partial charge >= 0.3 is 5.97 Å². The SMILES string of the molecule is CCOC(=O)c1ccc(-n2ncc3cc(N(C=O)c4ccc5c(ccn5OCC)c4)ccc32)cc1. The molecular weight excluding hydrogens is 444 g/mol. The number of esters is 1. The normalized spacial score (nSPS) is 11.0. The maximum Gasteiger partial charge on any atom is 0.338 e. The highest BCUT2D eigenvalue weighted by Gasteiger charge is 2.14. The third-order valence-corrected chi connectivity index (χ3v) is 5.74. The van der Waals surface area contributed by atoms with Gasteiger partial charge in [-0.15, -0.1) is 0 Å². The van der Waals surface area contributed by atoms with Crippen molar-refractivity contribution in [2.45, 2.75) is 13.8 Å². The van der Waals surface area contributed by atoms with Gasteiger partial charge in [0.25, 0.3) is 0 Å². The summed E-state index contributed by atoms with van der Waals surface area (Å²) in [5, 5.41) is 6.37. The molecule has 176 valence electrons. The van der Waals surface area contributed by atoms with E-state index in [-0.39, 0.29) is 5.97 Å². The minimum absolute atomic E-state index is 0.332. The van der Waals surface area contributed by atoms with E-state index in [2.05, 4.69) is 5.10 Å². The molecule has 0 saturated heterocycles. The number of carbonyl (C=O) groups is 2. The maximum atomic E-state index is 12.1. The standard InChI is InChI=1S/C27H24N4O4/c1-3-34-27(33)19-5-7-22(8-6-19)31-26-12-10-24(16-21(26)17-28-31)29(18-32)23-9-11-25-20(15-23)13-14-30(25)35-4-2/h5-18H,3-4H2,1-2H3. The molecule has 0 saturated carbocycles. The summed E-state index contributed by atoms with van der Waals surface area (Å²) in [7, 11) is 0. The van der Waals surface area contributed by atoms with E-state index in [9.17, 15) is 9.59 Å². The molecule has 0 N–H and O–H groups in total. The summed E-state index contributed by atoms with van der Waals surface area (Å²) < 4.78 is 8.56. The van der Waals surface area contributed by atoms with Crippen LogP contribution in [-0.2, 0) is 9.53 Å². The van der Waals surface area contributed by atoms with Crippen LogP contribution in [0.1, 0.15) is 24.2 Å². The van der Waals surface area contributed by atoms with E-state index in [4.69, 9.17) is 9.57 Å². The van der Waals surface area contributed by atoms with Crippen LogP contribution in [0.2, 0.25) is 0 Å². The first-order valence-corrected chi connectivity index (χ1v) is 11.4. The predicted molar refractivity (Wildman–Crippen MR) is 134 cm³/mol. The van der Waals surface area contributed by atoms with Gasteiger partial charge in [0.2, 0.25) is 6.41 Å². The fourth-order valence-corrected chi connectivity index (χ4v) is 4.11. The van der Waals surface area contributed by atoms with E-state index in [1.165, 1.54) is 0 Å². The number of benzene rings is 3. The van der Waals surface area contributed by atoms with Gasteiger partial charge in [0.15, 0.2) is 0 Å². The van der Waals surface area contributed by atoms with E-state index < -0.39 is 0 Å². The fourth-order valence-electron chi connectivity index (χ4n) is 4.11. The summed E-state index contributed by atoms with van der Waals surface area (Å²) in [6, 6.07) is 20.6. The number of amides is 1. The number of anilines is 2. The smallest absolute Gasteiger partial charge is 0.338 e. The van der Waals surface area contributed by atoms with Crippen molar-refractivity contribution in [2.24, 2.45) is 0 Å². The summed E-state index contributed by atoms with van der Waals surface area (Å²) in [4.78, 5) is 31.2. The van der Waals surface area contributed by atoms with Crippen molar-refractivity contribution in [1.29, 1.82) is 0 Å². The molecule has 2 aromatic heterocycles. The number of hydrogen-bond donors (Lipinski definition) is 0. The first-order chi connectivity index (χ1) is 17.1. The van der Waals surface area contributed by atoms with Crippen LogP contribution in [0, 0.1) is 0 Å². The quantitative estimate of drug-likeness (QED) is 0.239. The molecule has 0 fully saturated rings. The molecule has 0 aliphatic rings. The second-order valence-corrected chi connectivity index (χ2v) is 7.84. The molecule has 0 unspecified atom stereocenters. The molecule has 1 amide bonds. The van der Waals surface area contributed by atoms with E-state index in [1.54, 1.807) is 39.6 Å². The zero-order chi connectivity index (χ0) is 24.4. The molecule has 0 radical (unpaired) electrons. The lowest BCUT2D eigenvalue weighted by Crippen LogP contribution is -2.14. The van der Waals surface area contributed by atoms with Crippen LogP contribution in [0.5, 0.6) is 0 Å². The third kappa shape index (κ3) is 4.10. The third-order valence-electron chi connectivity index (χ3n) is 5.74. The number of hydrogen-bond acceptors (Lipinski definition) is 5. The molecule has 0 aliphatic heterocycles. The monoisotopic (exact) mass is 468 g/mol. The average Bonchev–Trinajstić information content (AvgIpc) is 3.49. The number of fused-ring (bicyclic) bond motifs is 2. The summed E-state index contributed by atoms with van der Waals surface area (Å²) in [6.07, 6.45) is 4.43. The van der Waals surface area contributed by atoms with Gasteiger partial charge in [-0.05, 0) is 80.6 Å². The van der Waals surface area contributed by atoms with Crippen LogP contribution in [0.25, 0.3) is 27.5 Å². The van der Waals surface area contributed by atoms with Gasteiger partial charge in [0.05, 0.1) is 35.1 Å². The van der Waals surface area contributed by atoms with Crippen molar-refractivity contribution in [2.75, 3.05) is 18.1 Å². The molecular formula is C27H24N4O4. The number of nitrogens with zero attached hydrogens (tertiary/aromatic N) is 4. The van der Waals surface area contributed by atoms with E-state index in [1.807, 2.05) is 67.7 Å². The van der Waals surface area contributed by atoms with Gasteiger partial charge in [-0.25, -0.2) is 9.48 Å². The Hall–Kier alpha value is -4.59. The highest BCUT2D eigenvalue weighted by molar-refractivity contribution is 5.95. The lowest BCUT2D eigenvalue weighted by atomic mass is 10.1. The Morgan fingerprint density at radius 1 is 0.914 bits per heavy atom. The summed E-state index contributed by atoms with van der Waals surface area (Å²) in [6.45, 7) is 4.61. The fraction of sp³-hybridized carbons (Fsp3) is 0.148. The minimum atomic E-state index is -0.351. The van der Waals surface area contributed by atoms with Gasteiger partial charge < -0.3 is 9.57 Å². The zero-order valence-electron chi connectivity index (χ0n) is 19.4. The topological polar surface area (TPSA) is 78.6 Å². The predicted octanol–water partition coefficient (Wildman–Crippen LogP) is 4.90. The average molecular weight is 469 g/mol. The van der Waals surface area contributed by atoms with Gasteiger partial charge in [0, 0.05) is 28.3 Å². The number of rotatable bonds is 8. The molecule has 8 nitrogen and oxygen atoms in total. The van der Waals surface area contributed by atoms with Crippen LogP contribution in [0.3, 0.4) is 0 Å². The Morgan fingerprint density at radius 2 is 1.63 bits per heavy atom. The van der Waals surface area contributed by atoms with Crippen molar-refractivity contribution in [3.8, 4) is 5.69 Å². The largest absolute Gasteiger partial charge is 0.462 e. The van der Waals surface area contributed by atoms with E-state index in [0.717, 1.165) is 45.3 Å². The molecule has 0 spiro atoms. The van der Waals surface area contributed by atoms with Crippen LogP contribution < -0.4 is 9.74 Å². The Kier molecular flexibility index (Phi) is 5.93. The highest BCUT2D eigenvalue weighted by atomic mass is 16.7. The molecule has 8 heteroatoms. The Balaban J connectivity index is 1.45. The lowest BCUT2D eigenvalue weighted by Gasteiger charge is -2.18. The Morgan fingerprint density at radius 3 is 2.31 bits per heavy atom. The second-order valence-electron chi connectivity index (χ2n) is 7.84. The first kappa shape index (κ1) is 22.2. The van der Waals surface area contributed by atoms with Crippen molar-refractivity contribution >= 4 is 45.6 Å². The van der Waals surface area contributed by atoms with Crippen LogP contribution in [-0.4, -0.2) is 40.1 Å². The maximum absolute atomic E-state index is 12.1. The van der Waals surface area contributed by atoms with Crippen LogP contribution in [0.4, 0.5) is 11.4 Å². The molecule has 35 heavy (non-hydrogen) atoms. The van der Waals surface area contributed by atoms with Crippen molar-refractivity contribution in [3.05, 3.63) is 84.7 Å². The molecule has 0 aliphatic carbocycles. The molecule has 5 rings (SSSR count). The van der Waals surface area contributed by atoms with Crippen LogP contribution in [0.15, 0.2) is 79.1 Å². The Bertz CT molecular complexity index is 1520. The van der Waals surface area contributed by atoms with Crippen molar-refractivity contribution < 1.29 is 19.2 Å². The van der Waals surface area contributed by atoms with Crippen LogP contribution >= 0.6 is 0 Å². The van der Waals surface area contributed by atoms with Gasteiger partial charge in [-0.1, -0.05) is 0 Å². The van der Waals surface area contributed by atoms with Crippen molar-refractivity contribution in [1.82, 2.24) is 14.5 Å². The molecule has 5 aromatic rings. The second kappa shape index (κ2) is 9.34. The summed E-state index contributed by atoms with van der Waals surface area (Å²) in [5.41, 5.74) is 4.61. The van der Waals surface area contributed by atoms with E-state index in [0.29, 0.717) is 18.8 Å². The number of ether oxygens (including phenoxy) is 1.